The molecule has 4 rings (SSSR count). The number of nitro groups is 2. The van der Waals surface area contributed by atoms with Gasteiger partial charge in [-0.2, -0.15) is 8.42 Å². The summed E-state index contributed by atoms with van der Waals surface area (Å²) in [6.07, 6.45) is 1.03. The van der Waals surface area contributed by atoms with Crippen molar-refractivity contribution in [3.63, 3.8) is 0 Å². The molecule has 0 aliphatic rings. The van der Waals surface area contributed by atoms with Gasteiger partial charge in [0.05, 0.1) is 14.7 Å². The Labute approximate surface area is 214 Å². The van der Waals surface area contributed by atoms with Crippen LogP contribution in [-0.2, 0) is 27.3 Å². The van der Waals surface area contributed by atoms with E-state index in [9.17, 15) is 28.6 Å². The molecule has 10 heteroatoms. The molecule has 0 aliphatic carbocycles. The van der Waals surface area contributed by atoms with Gasteiger partial charge < -0.3 is 0 Å². The number of hydrogen-bond acceptors (Lipinski definition) is 7. The predicted molar refractivity (Wildman–Crippen MR) is 139 cm³/mol. The van der Waals surface area contributed by atoms with Gasteiger partial charge in [-0.25, -0.2) is 0 Å². The highest BCUT2D eigenvalue weighted by Gasteiger charge is 2.27. The van der Waals surface area contributed by atoms with E-state index in [-0.39, 0.29) is 4.90 Å². The van der Waals surface area contributed by atoms with Gasteiger partial charge in [0.2, 0.25) is 0 Å². The smallest absolute Gasteiger partial charge is 0.261 e. The van der Waals surface area contributed by atoms with Crippen LogP contribution in [-0.4, -0.2) is 18.3 Å². The standard InChI is InChI=1S/C14H12N2O7S.C13H12/c1-10-5-7-11(8-6-10)24(21,22)23-9-12-13(15(17)18)3-2-4-14(12)16(19)20;1-3-7-12(8-4-1)11-13-9-5-2-6-10-13/h2-8H,9H2,1H3;1-10H,11H2. The summed E-state index contributed by atoms with van der Waals surface area (Å²) in [5, 5.41) is 22.0. The van der Waals surface area contributed by atoms with Gasteiger partial charge in [-0.3, -0.25) is 24.4 Å². The number of benzene rings is 4. The average molecular weight is 521 g/mol. The molecule has 37 heavy (non-hydrogen) atoms. The number of aryl methyl sites for hydroxylation is 1. The minimum absolute atomic E-state index is 0.144. The third-order valence-electron chi connectivity index (χ3n) is 5.28. The van der Waals surface area contributed by atoms with E-state index in [0.29, 0.717) is 0 Å². The van der Waals surface area contributed by atoms with Crippen LogP contribution in [0.15, 0.2) is 108 Å². The van der Waals surface area contributed by atoms with Gasteiger partial charge in [0.1, 0.15) is 12.2 Å². The van der Waals surface area contributed by atoms with Crippen LogP contribution in [0.3, 0.4) is 0 Å². The topological polar surface area (TPSA) is 130 Å². The zero-order chi connectivity index (χ0) is 26.8. The third-order valence-corrected chi connectivity index (χ3v) is 6.56. The maximum atomic E-state index is 12.1. The van der Waals surface area contributed by atoms with E-state index in [2.05, 4.69) is 60.7 Å². The molecule has 0 spiro atoms. The molecule has 4 aromatic carbocycles. The van der Waals surface area contributed by atoms with Crippen molar-refractivity contribution in [3.8, 4) is 0 Å². The van der Waals surface area contributed by atoms with Crippen molar-refractivity contribution in [3.05, 3.63) is 146 Å². The fraction of sp³-hybridized carbons (Fsp3) is 0.111. The normalized spacial score (nSPS) is 10.7. The Bertz CT molecular complexity index is 1390. The molecule has 0 N–H and O–H groups in total. The number of hydrogen-bond donors (Lipinski definition) is 0. The second-order valence-corrected chi connectivity index (χ2v) is 9.58. The van der Waals surface area contributed by atoms with E-state index in [4.69, 9.17) is 4.18 Å². The van der Waals surface area contributed by atoms with E-state index < -0.39 is 43.5 Å². The summed E-state index contributed by atoms with van der Waals surface area (Å²) in [7, 11) is -4.21. The highest BCUT2D eigenvalue weighted by molar-refractivity contribution is 7.86. The summed E-state index contributed by atoms with van der Waals surface area (Å²) in [6, 6.07) is 30.1. The molecule has 190 valence electrons. The van der Waals surface area contributed by atoms with Crippen LogP contribution in [0.4, 0.5) is 11.4 Å². The van der Waals surface area contributed by atoms with Crippen molar-refractivity contribution in [2.45, 2.75) is 24.8 Å². The molecule has 0 atom stereocenters. The monoisotopic (exact) mass is 520 g/mol. The lowest BCUT2D eigenvalue weighted by molar-refractivity contribution is -0.396. The maximum absolute atomic E-state index is 12.1. The molecule has 0 unspecified atom stereocenters. The Hall–Kier alpha value is -4.41. The zero-order valence-electron chi connectivity index (χ0n) is 19.9. The lowest BCUT2D eigenvalue weighted by atomic mass is 10.1. The average Bonchev–Trinajstić information content (AvgIpc) is 2.89. The van der Waals surface area contributed by atoms with Crippen LogP contribution in [0.5, 0.6) is 0 Å². The van der Waals surface area contributed by atoms with Crippen LogP contribution in [0, 0.1) is 27.2 Å². The zero-order valence-corrected chi connectivity index (χ0v) is 20.7. The number of nitro benzene ring substituents is 2. The van der Waals surface area contributed by atoms with Crippen LogP contribution >= 0.6 is 0 Å². The fourth-order valence-electron chi connectivity index (χ4n) is 3.39. The molecule has 0 aromatic heterocycles. The Morgan fingerprint density at radius 3 is 1.57 bits per heavy atom. The van der Waals surface area contributed by atoms with E-state index in [1.54, 1.807) is 19.1 Å². The molecule has 0 heterocycles. The summed E-state index contributed by atoms with van der Waals surface area (Å²) in [5.41, 5.74) is 2.00. The molecule has 0 fully saturated rings. The summed E-state index contributed by atoms with van der Waals surface area (Å²) in [5.74, 6) is 0. The van der Waals surface area contributed by atoms with Crippen molar-refractivity contribution < 1.29 is 22.4 Å². The Kier molecular flexibility index (Phi) is 9.20. The molecule has 0 aliphatic heterocycles. The fourth-order valence-corrected chi connectivity index (χ4v) is 4.27. The highest BCUT2D eigenvalue weighted by atomic mass is 32.2. The van der Waals surface area contributed by atoms with Crippen LogP contribution < -0.4 is 0 Å². The van der Waals surface area contributed by atoms with E-state index in [1.165, 1.54) is 23.3 Å². The molecular formula is C27H24N2O7S. The molecule has 0 saturated heterocycles. The summed E-state index contributed by atoms with van der Waals surface area (Å²) >= 11 is 0. The van der Waals surface area contributed by atoms with E-state index >= 15 is 0 Å². The minimum Gasteiger partial charge on any atom is -0.261 e. The molecule has 0 amide bonds. The summed E-state index contributed by atoms with van der Waals surface area (Å²) < 4.78 is 29.0. The van der Waals surface area contributed by atoms with Crippen LogP contribution in [0.25, 0.3) is 0 Å². The van der Waals surface area contributed by atoms with Gasteiger partial charge in [0.15, 0.2) is 0 Å². The van der Waals surface area contributed by atoms with Crippen LogP contribution in [0.1, 0.15) is 22.3 Å². The van der Waals surface area contributed by atoms with Gasteiger partial charge in [-0.05, 0) is 42.7 Å². The molecule has 0 saturated carbocycles. The van der Waals surface area contributed by atoms with Gasteiger partial charge >= 0.3 is 0 Å². The van der Waals surface area contributed by atoms with Crippen molar-refractivity contribution in [1.82, 2.24) is 0 Å². The minimum atomic E-state index is -4.21. The summed E-state index contributed by atoms with van der Waals surface area (Å²) in [6.45, 7) is 0.956. The molecular weight excluding hydrogens is 496 g/mol. The third kappa shape index (κ3) is 7.79. The first-order valence-electron chi connectivity index (χ1n) is 11.1. The quantitative estimate of drug-likeness (QED) is 0.158. The lowest BCUT2D eigenvalue weighted by Crippen LogP contribution is -2.09. The van der Waals surface area contributed by atoms with E-state index in [0.717, 1.165) is 30.2 Å². The van der Waals surface area contributed by atoms with E-state index in [1.807, 2.05) is 0 Å². The number of rotatable bonds is 8. The second kappa shape index (κ2) is 12.5. The van der Waals surface area contributed by atoms with Crippen LogP contribution in [0.2, 0.25) is 0 Å². The number of nitrogens with zero attached hydrogens (tertiary/aromatic N) is 2. The predicted octanol–water partition coefficient (Wildman–Crippen LogP) is 5.99. The van der Waals surface area contributed by atoms with Gasteiger partial charge in [0.25, 0.3) is 21.5 Å². The SMILES string of the molecule is Cc1ccc(S(=O)(=O)OCc2c([N+](=O)[O-])cccc2[N+](=O)[O-])cc1.c1ccc(Cc2ccccc2)cc1. The Balaban J connectivity index is 0.000000244. The van der Waals surface area contributed by atoms with Gasteiger partial charge in [-0.1, -0.05) is 78.4 Å². The largest absolute Gasteiger partial charge is 0.297 e. The van der Waals surface area contributed by atoms with Crippen molar-refractivity contribution >= 4 is 21.5 Å². The van der Waals surface area contributed by atoms with Gasteiger partial charge in [-0.15, -0.1) is 0 Å². The highest BCUT2D eigenvalue weighted by Crippen LogP contribution is 2.30. The molecule has 9 nitrogen and oxygen atoms in total. The first-order chi connectivity index (χ1) is 17.7. The van der Waals surface area contributed by atoms with Crippen molar-refractivity contribution in [2.24, 2.45) is 0 Å². The second-order valence-electron chi connectivity index (χ2n) is 7.97. The Morgan fingerprint density at radius 1 is 0.676 bits per heavy atom. The first-order valence-corrected chi connectivity index (χ1v) is 12.5. The van der Waals surface area contributed by atoms with Crippen molar-refractivity contribution in [2.75, 3.05) is 0 Å². The maximum Gasteiger partial charge on any atom is 0.297 e. The Morgan fingerprint density at radius 2 is 1.14 bits per heavy atom. The molecule has 0 bridgehead atoms. The lowest BCUT2D eigenvalue weighted by Gasteiger charge is -2.07. The van der Waals surface area contributed by atoms with Gasteiger partial charge in [0, 0.05) is 12.1 Å². The van der Waals surface area contributed by atoms with Crippen molar-refractivity contribution in [1.29, 1.82) is 0 Å². The molecule has 4 aromatic rings. The molecule has 0 radical (unpaired) electrons. The first kappa shape index (κ1) is 27.2. The summed E-state index contributed by atoms with van der Waals surface area (Å²) in [4.78, 5) is 20.2.